The molecule has 0 aromatic carbocycles. The summed E-state index contributed by atoms with van der Waals surface area (Å²) in [4.78, 5) is 20.3. The Bertz CT molecular complexity index is 282. The molecule has 84 valence electrons. The smallest absolute Gasteiger partial charge is 0.222 e. The summed E-state index contributed by atoms with van der Waals surface area (Å²) in [6.45, 7) is 2.99. The van der Waals surface area contributed by atoms with Crippen LogP contribution in [0.5, 0.6) is 0 Å². The number of nitrogens with zero attached hydrogens (tertiary/aromatic N) is 2. The third-order valence-corrected chi connectivity index (χ3v) is 2.44. The third-order valence-electron chi connectivity index (χ3n) is 2.44. The molecule has 0 atom stereocenters. The van der Waals surface area contributed by atoms with Crippen LogP contribution in [0.15, 0.2) is 12.5 Å². The predicted octanol–water partition coefficient (Wildman–Crippen LogP) is 1.60. The molecular weight excluding hydrogens is 190 g/mol. The zero-order valence-electron chi connectivity index (χ0n) is 9.49. The number of rotatable bonds is 6. The lowest BCUT2D eigenvalue weighted by molar-refractivity contribution is -0.129. The Kier molecular flexibility index (Phi) is 4.87. The van der Waals surface area contributed by atoms with Crippen LogP contribution in [-0.2, 0) is 11.2 Å². The Balaban J connectivity index is 2.23. The molecule has 1 aromatic heterocycles. The summed E-state index contributed by atoms with van der Waals surface area (Å²) in [5, 5.41) is 0. The Morgan fingerprint density at radius 1 is 1.60 bits per heavy atom. The largest absolute Gasteiger partial charge is 0.348 e. The minimum absolute atomic E-state index is 0.207. The normalized spacial score (nSPS) is 10.3. The number of H-pyrrole nitrogens is 1. The first-order valence-electron chi connectivity index (χ1n) is 5.45. The SMILES string of the molecule is CCCCN(C)C(=O)CCc1cnc[nH]1. The van der Waals surface area contributed by atoms with Crippen LogP contribution in [0.1, 0.15) is 31.9 Å². The number of amides is 1. The molecular formula is C11H19N3O. The zero-order chi connectivity index (χ0) is 11.1. The first-order chi connectivity index (χ1) is 7.24. The molecule has 1 amide bonds. The van der Waals surface area contributed by atoms with Gasteiger partial charge in [-0.1, -0.05) is 13.3 Å². The molecule has 1 heterocycles. The summed E-state index contributed by atoms with van der Waals surface area (Å²) in [5.74, 6) is 0.207. The molecule has 0 aliphatic heterocycles. The quantitative estimate of drug-likeness (QED) is 0.773. The third kappa shape index (κ3) is 4.14. The van der Waals surface area contributed by atoms with Crippen LogP contribution in [0.3, 0.4) is 0 Å². The summed E-state index contributed by atoms with van der Waals surface area (Å²) in [6, 6.07) is 0. The van der Waals surface area contributed by atoms with Crippen molar-refractivity contribution in [3.8, 4) is 0 Å². The minimum atomic E-state index is 0.207. The van der Waals surface area contributed by atoms with Crippen LogP contribution in [0.4, 0.5) is 0 Å². The molecule has 0 aliphatic rings. The van der Waals surface area contributed by atoms with Gasteiger partial charge in [0.15, 0.2) is 0 Å². The summed E-state index contributed by atoms with van der Waals surface area (Å²) in [6.07, 6.45) is 6.90. The van der Waals surface area contributed by atoms with Crippen molar-refractivity contribution in [3.63, 3.8) is 0 Å². The van der Waals surface area contributed by atoms with E-state index < -0.39 is 0 Å². The molecule has 0 fully saturated rings. The number of aromatic nitrogens is 2. The van der Waals surface area contributed by atoms with Crippen molar-refractivity contribution in [2.24, 2.45) is 0 Å². The van der Waals surface area contributed by atoms with E-state index >= 15 is 0 Å². The van der Waals surface area contributed by atoms with Crippen molar-refractivity contribution < 1.29 is 4.79 Å². The van der Waals surface area contributed by atoms with E-state index in [1.165, 1.54) is 0 Å². The highest BCUT2D eigenvalue weighted by Gasteiger charge is 2.08. The summed E-state index contributed by atoms with van der Waals surface area (Å²) < 4.78 is 0. The van der Waals surface area contributed by atoms with Crippen LogP contribution in [0.25, 0.3) is 0 Å². The van der Waals surface area contributed by atoms with Gasteiger partial charge in [0.2, 0.25) is 5.91 Å². The fourth-order valence-corrected chi connectivity index (χ4v) is 1.37. The first kappa shape index (κ1) is 11.8. The van der Waals surface area contributed by atoms with Gasteiger partial charge in [-0.2, -0.15) is 0 Å². The van der Waals surface area contributed by atoms with Gasteiger partial charge in [-0.05, 0) is 12.8 Å². The molecule has 4 heteroatoms. The van der Waals surface area contributed by atoms with E-state index in [-0.39, 0.29) is 5.91 Å². The Morgan fingerprint density at radius 3 is 3.00 bits per heavy atom. The average molecular weight is 209 g/mol. The molecule has 0 unspecified atom stereocenters. The van der Waals surface area contributed by atoms with Crippen molar-refractivity contribution >= 4 is 5.91 Å². The molecule has 1 rings (SSSR count). The van der Waals surface area contributed by atoms with Gasteiger partial charge in [0.05, 0.1) is 6.33 Å². The molecule has 0 aliphatic carbocycles. The van der Waals surface area contributed by atoms with E-state index in [0.717, 1.165) is 31.5 Å². The van der Waals surface area contributed by atoms with Crippen molar-refractivity contribution in [3.05, 3.63) is 18.2 Å². The Labute approximate surface area is 90.7 Å². The fraction of sp³-hybridized carbons (Fsp3) is 0.636. The fourth-order valence-electron chi connectivity index (χ4n) is 1.37. The number of carbonyl (C=O) groups is 1. The van der Waals surface area contributed by atoms with E-state index in [1.807, 2.05) is 7.05 Å². The van der Waals surface area contributed by atoms with Crippen LogP contribution in [-0.4, -0.2) is 34.4 Å². The van der Waals surface area contributed by atoms with Gasteiger partial charge in [0.25, 0.3) is 0 Å². The number of hydrogen-bond donors (Lipinski definition) is 1. The van der Waals surface area contributed by atoms with Crippen LogP contribution in [0, 0.1) is 0 Å². The predicted molar refractivity (Wildman–Crippen MR) is 59.5 cm³/mol. The molecule has 0 saturated heterocycles. The van der Waals surface area contributed by atoms with Gasteiger partial charge in [-0.25, -0.2) is 4.98 Å². The Morgan fingerprint density at radius 2 is 2.40 bits per heavy atom. The maximum atomic E-state index is 11.6. The maximum absolute atomic E-state index is 11.6. The monoisotopic (exact) mass is 209 g/mol. The van der Waals surface area contributed by atoms with Crippen molar-refractivity contribution in [2.75, 3.05) is 13.6 Å². The molecule has 0 spiro atoms. The lowest BCUT2D eigenvalue weighted by atomic mass is 10.2. The molecule has 0 radical (unpaired) electrons. The van der Waals surface area contributed by atoms with Crippen molar-refractivity contribution in [1.29, 1.82) is 0 Å². The first-order valence-corrected chi connectivity index (χ1v) is 5.45. The van der Waals surface area contributed by atoms with Gasteiger partial charge in [-0.3, -0.25) is 4.79 Å². The second kappa shape index (κ2) is 6.22. The number of unbranched alkanes of at least 4 members (excludes halogenated alkanes) is 1. The van der Waals surface area contributed by atoms with Crippen molar-refractivity contribution in [1.82, 2.24) is 14.9 Å². The highest BCUT2D eigenvalue weighted by atomic mass is 16.2. The topological polar surface area (TPSA) is 49.0 Å². The second-order valence-corrected chi connectivity index (χ2v) is 3.75. The minimum Gasteiger partial charge on any atom is -0.348 e. The lowest BCUT2D eigenvalue weighted by Gasteiger charge is -2.16. The second-order valence-electron chi connectivity index (χ2n) is 3.75. The van der Waals surface area contributed by atoms with Gasteiger partial charge in [0, 0.05) is 31.9 Å². The summed E-state index contributed by atoms with van der Waals surface area (Å²) in [5.41, 5.74) is 1.02. The number of carbonyl (C=O) groups excluding carboxylic acids is 1. The van der Waals surface area contributed by atoms with E-state index in [1.54, 1.807) is 17.4 Å². The molecule has 15 heavy (non-hydrogen) atoms. The van der Waals surface area contributed by atoms with E-state index in [4.69, 9.17) is 0 Å². The van der Waals surface area contributed by atoms with Gasteiger partial charge in [0.1, 0.15) is 0 Å². The molecule has 4 nitrogen and oxygen atoms in total. The highest BCUT2D eigenvalue weighted by Crippen LogP contribution is 2.01. The van der Waals surface area contributed by atoms with Crippen LogP contribution >= 0.6 is 0 Å². The van der Waals surface area contributed by atoms with E-state index in [9.17, 15) is 4.79 Å². The van der Waals surface area contributed by atoms with Gasteiger partial charge in [-0.15, -0.1) is 0 Å². The standard InChI is InChI=1S/C11H19N3O/c1-3-4-7-14(2)11(15)6-5-10-8-12-9-13-10/h8-9H,3-7H2,1-2H3,(H,12,13). The molecule has 0 saturated carbocycles. The number of hydrogen-bond acceptors (Lipinski definition) is 2. The Hall–Kier alpha value is -1.32. The molecule has 1 aromatic rings. The molecule has 1 N–H and O–H groups in total. The number of aromatic amines is 1. The summed E-state index contributed by atoms with van der Waals surface area (Å²) >= 11 is 0. The average Bonchev–Trinajstić information content (AvgIpc) is 2.75. The van der Waals surface area contributed by atoms with Gasteiger partial charge >= 0.3 is 0 Å². The maximum Gasteiger partial charge on any atom is 0.222 e. The highest BCUT2D eigenvalue weighted by molar-refractivity contribution is 5.76. The van der Waals surface area contributed by atoms with E-state index in [2.05, 4.69) is 16.9 Å². The van der Waals surface area contributed by atoms with Crippen molar-refractivity contribution in [2.45, 2.75) is 32.6 Å². The molecule has 0 bridgehead atoms. The zero-order valence-corrected chi connectivity index (χ0v) is 9.49. The number of aryl methyl sites for hydroxylation is 1. The number of nitrogens with one attached hydrogen (secondary N) is 1. The summed E-state index contributed by atoms with van der Waals surface area (Å²) in [7, 11) is 1.87. The van der Waals surface area contributed by atoms with Crippen LogP contribution < -0.4 is 0 Å². The van der Waals surface area contributed by atoms with E-state index in [0.29, 0.717) is 6.42 Å². The van der Waals surface area contributed by atoms with Crippen LogP contribution in [0.2, 0.25) is 0 Å². The number of imidazole rings is 1. The lowest BCUT2D eigenvalue weighted by Crippen LogP contribution is -2.27. The van der Waals surface area contributed by atoms with Gasteiger partial charge < -0.3 is 9.88 Å².